The van der Waals surface area contributed by atoms with E-state index in [1.807, 2.05) is 74.6 Å². The van der Waals surface area contributed by atoms with Gasteiger partial charge in [-0.05, 0) is 61.1 Å². The van der Waals surface area contributed by atoms with Crippen molar-refractivity contribution in [2.75, 3.05) is 32.1 Å². The lowest BCUT2D eigenvalue weighted by Gasteiger charge is -2.31. The summed E-state index contributed by atoms with van der Waals surface area (Å²) in [4.78, 5) is 36.3. The van der Waals surface area contributed by atoms with Crippen molar-refractivity contribution in [2.45, 2.75) is 52.1 Å². The third-order valence-corrected chi connectivity index (χ3v) is 7.72. The number of aromatic amines is 1. The number of aromatic nitrogens is 1. The molecule has 0 saturated carbocycles. The van der Waals surface area contributed by atoms with Crippen LogP contribution in [0.25, 0.3) is 10.9 Å². The van der Waals surface area contributed by atoms with Crippen LogP contribution < -0.4 is 4.90 Å². The molecule has 0 aliphatic carbocycles. The SMILES string of the molecule is CCC(C)N(CC(=O)N(CCc1c[nH]c2ccccc12)Cc1ccc(N(C)C)cc1)C(=O)CCc1ccccc1. The summed E-state index contributed by atoms with van der Waals surface area (Å²) in [6.07, 6.45) is 4.63. The summed E-state index contributed by atoms with van der Waals surface area (Å²) in [6, 6.07) is 26.6. The third-order valence-electron chi connectivity index (χ3n) is 7.72. The number of nitrogens with one attached hydrogen (secondary N) is 1. The van der Waals surface area contributed by atoms with E-state index in [1.165, 1.54) is 10.9 Å². The zero-order valence-electron chi connectivity index (χ0n) is 24.3. The van der Waals surface area contributed by atoms with Crippen molar-refractivity contribution >= 4 is 28.4 Å². The second-order valence-corrected chi connectivity index (χ2v) is 10.8. The van der Waals surface area contributed by atoms with Gasteiger partial charge in [-0.15, -0.1) is 0 Å². The number of aryl methyl sites for hydroxylation is 1. The summed E-state index contributed by atoms with van der Waals surface area (Å²) in [5.41, 5.74) is 5.61. The number of benzene rings is 3. The molecule has 0 fully saturated rings. The van der Waals surface area contributed by atoms with Gasteiger partial charge in [-0.1, -0.05) is 67.6 Å². The lowest BCUT2D eigenvalue weighted by atomic mass is 10.1. The molecule has 0 radical (unpaired) electrons. The minimum Gasteiger partial charge on any atom is -0.378 e. The van der Waals surface area contributed by atoms with Crippen LogP contribution in [0.5, 0.6) is 0 Å². The minimum atomic E-state index is -0.0233. The molecule has 0 aliphatic rings. The second-order valence-electron chi connectivity index (χ2n) is 10.8. The van der Waals surface area contributed by atoms with Gasteiger partial charge < -0.3 is 19.7 Å². The molecule has 0 aliphatic heterocycles. The van der Waals surface area contributed by atoms with E-state index in [2.05, 4.69) is 53.2 Å². The van der Waals surface area contributed by atoms with Gasteiger partial charge in [0.2, 0.25) is 11.8 Å². The Labute approximate surface area is 238 Å². The van der Waals surface area contributed by atoms with Crippen LogP contribution in [0.1, 0.15) is 43.4 Å². The Morgan fingerprint density at radius 3 is 2.23 bits per heavy atom. The van der Waals surface area contributed by atoms with E-state index in [-0.39, 0.29) is 24.4 Å². The van der Waals surface area contributed by atoms with Crippen LogP contribution in [-0.2, 0) is 29.0 Å². The van der Waals surface area contributed by atoms with Gasteiger partial charge in [0.1, 0.15) is 0 Å². The van der Waals surface area contributed by atoms with Gasteiger partial charge in [0.05, 0.1) is 6.54 Å². The highest BCUT2D eigenvalue weighted by Crippen LogP contribution is 2.20. The van der Waals surface area contributed by atoms with Gasteiger partial charge in [-0.2, -0.15) is 0 Å². The van der Waals surface area contributed by atoms with Crippen molar-refractivity contribution in [2.24, 2.45) is 0 Å². The van der Waals surface area contributed by atoms with E-state index in [4.69, 9.17) is 0 Å². The number of hydrogen-bond acceptors (Lipinski definition) is 3. The van der Waals surface area contributed by atoms with Gasteiger partial charge in [0, 0.05) is 62.4 Å². The van der Waals surface area contributed by atoms with Crippen LogP contribution >= 0.6 is 0 Å². The van der Waals surface area contributed by atoms with E-state index in [0.717, 1.165) is 35.2 Å². The molecule has 1 atom stereocenters. The number of fused-ring (bicyclic) bond motifs is 1. The summed E-state index contributed by atoms with van der Waals surface area (Å²) in [5.74, 6) is 0.00311. The monoisotopic (exact) mass is 538 g/mol. The molecule has 4 rings (SSSR count). The highest BCUT2D eigenvalue weighted by atomic mass is 16.2. The maximum Gasteiger partial charge on any atom is 0.242 e. The highest BCUT2D eigenvalue weighted by Gasteiger charge is 2.25. The number of rotatable bonds is 13. The average Bonchev–Trinajstić information content (AvgIpc) is 3.40. The van der Waals surface area contributed by atoms with E-state index < -0.39 is 0 Å². The molecule has 1 aromatic heterocycles. The molecule has 2 amide bonds. The first-order chi connectivity index (χ1) is 19.4. The number of para-hydroxylation sites is 1. The Morgan fingerprint density at radius 1 is 0.825 bits per heavy atom. The van der Waals surface area contributed by atoms with Gasteiger partial charge in [-0.25, -0.2) is 0 Å². The molecular formula is C34H42N4O2. The molecule has 6 nitrogen and oxygen atoms in total. The van der Waals surface area contributed by atoms with Gasteiger partial charge in [0.25, 0.3) is 0 Å². The number of carbonyl (C=O) groups is 2. The standard InChI is InChI=1S/C34H42N4O2/c1-5-26(2)38(33(39)20-17-27-11-7-6-8-12-27)25-34(40)37(24-28-15-18-30(19-16-28)36(3)4)22-21-29-23-35-32-14-10-9-13-31(29)32/h6-16,18-19,23,26,35H,5,17,20-22,24-25H2,1-4H3. The highest BCUT2D eigenvalue weighted by molar-refractivity contribution is 5.86. The first kappa shape index (κ1) is 28.9. The lowest BCUT2D eigenvalue weighted by Crippen LogP contribution is -2.47. The predicted molar refractivity (Wildman–Crippen MR) is 164 cm³/mol. The van der Waals surface area contributed by atoms with E-state index >= 15 is 0 Å². The fourth-order valence-electron chi connectivity index (χ4n) is 5.00. The second kappa shape index (κ2) is 13.8. The lowest BCUT2D eigenvalue weighted by molar-refractivity contribution is -0.142. The summed E-state index contributed by atoms with van der Waals surface area (Å²) < 4.78 is 0. The molecular weight excluding hydrogens is 496 g/mol. The average molecular weight is 539 g/mol. The zero-order chi connectivity index (χ0) is 28.5. The van der Waals surface area contributed by atoms with E-state index in [1.54, 1.807) is 4.90 Å². The summed E-state index contributed by atoms with van der Waals surface area (Å²) in [5, 5.41) is 1.18. The smallest absolute Gasteiger partial charge is 0.242 e. The quantitative estimate of drug-likeness (QED) is 0.225. The van der Waals surface area contributed by atoms with E-state index in [0.29, 0.717) is 25.9 Å². The normalized spacial score (nSPS) is 11.8. The first-order valence-electron chi connectivity index (χ1n) is 14.3. The van der Waals surface area contributed by atoms with Crippen LogP contribution in [-0.4, -0.2) is 59.8 Å². The fourth-order valence-corrected chi connectivity index (χ4v) is 5.00. The predicted octanol–water partition coefficient (Wildman–Crippen LogP) is 6.07. The van der Waals surface area contributed by atoms with Crippen molar-refractivity contribution in [1.29, 1.82) is 0 Å². The fraction of sp³-hybridized carbons (Fsp3) is 0.353. The number of carbonyl (C=O) groups excluding carboxylic acids is 2. The summed E-state index contributed by atoms with van der Waals surface area (Å²) in [6.45, 7) is 5.26. The Kier molecular flexibility index (Phi) is 10.0. The van der Waals surface area contributed by atoms with Crippen LogP contribution in [0.4, 0.5) is 5.69 Å². The molecule has 210 valence electrons. The number of anilines is 1. The number of amides is 2. The van der Waals surface area contributed by atoms with Gasteiger partial charge in [0.15, 0.2) is 0 Å². The molecule has 0 spiro atoms. The molecule has 1 N–H and O–H groups in total. The van der Waals surface area contributed by atoms with Crippen molar-refractivity contribution in [1.82, 2.24) is 14.8 Å². The first-order valence-corrected chi connectivity index (χ1v) is 14.3. The molecule has 3 aromatic carbocycles. The zero-order valence-corrected chi connectivity index (χ0v) is 24.3. The maximum absolute atomic E-state index is 13.9. The van der Waals surface area contributed by atoms with Crippen LogP contribution in [0.3, 0.4) is 0 Å². The number of hydrogen-bond donors (Lipinski definition) is 1. The molecule has 0 bridgehead atoms. The number of H-pyrrole nitrogens is 1. The van der Waals surface area contributed by atoms with Crippen LogP contribution in [0.15, 0.2) is 85.1 Å². The Hall–Kier alpha value is -4.06. The Morgan fingerprint density at radius 2 is 1.52 bits per heavy atom. The van der Waals surface area contributed by atoms with Crippen molar-refractivity contribution < 1.29 is 9.59 Å². The summed E-state index contributed by atoms with van der Waals surface area (Å²) >= 11 is 0. The van der Waals surface area contributed by atoms with Crippen molar-refractivity contribution in [3.8, 4) is 0 Å². The van der Waals surface area contributed by atoms with Gasteiger partial charge in [-0.3, -0.25) is 9.59 Å². The van der Waals surface area contributed by atoms with E-state index in [9.17, 15) is 9.59 Å². The Balaban J connectivity index is 1.50. The Bertz CT molecular complexity index is 1380. The third kappa shape index (κ3) is 7.53. The van der Waals surface area contributed by atoms with Crippen molar-refractivity contribution in [3.63, 3.8) is 0 Å². The topological polar surface area (TPSA) is 59.7 Å². The number of nitrogens with zero attached hydrogens (tertiary/aromatic N) is 3. The minimum absolute atomic E-state index is 0.0120. The molecule has 40 heavy (non-hydrogen) atoms. The van der Waals surface area contributed by atoms with Crippen molar-refractivity contribution in [3.05, 3.63) is 102 Å². The van der Waals surface area contributed by atoms with Crippen LogP contribution in [0, 0.1) is 0 Å². The molecule has 4 aromatic rings. The molecule has 1 unspecified atom stereocenters. The summed E-state index contributed by atoms with van der Waals surface area (Å²) in [7, 11) is 4.04. The molecule has 6 heteroatoms. The maximum atomic E-state index is 13.9. The van der Waals surface area contributed by atoms with Gasteiger partial charge >= 0.3 is 0 Å². The van der Waals surface area contributed by atoms with Crippen LogP contribution in [0.2, 0.25) is 0 Å². The molecule has 0 saturated heterocycles. The largest absolute Gasteiger partial charge is 0.378 e. The molecule has 1 heterocycles.